The van der Waals surface area contributed by atoms with E-state index in [1.165, 1.54) is 12.8 Å². The highest BCUT2D eigenvalue weighted by Crippen LogP contribution is 2.18. The van der Waals surface area contributed by atoms with Gasteiger partial charge in [0.25, 0.3) is 0 Å². The second kappa shape index (κ2) is 10.2. The van der Waals surface area contributed by atoms with E-state index in [1.54, 1.807) is 0 Å². The molecule has 2 unspecified atom stereocenters. The Morgan fingerprint density at radius 3 is 2.43 bits per heavy atom. The number of amides is 1. The van der Waals surface area contributed by atoms with Gasteiger partial charge >= 0.3 is 0 Å². The van der Waals surface area contributed by atoms with Gasteiger partial charge in [-0.15, -0.1) is 0 Å². The van der Waals surface area contributed by atoms with Crippen LogP contribution in [0.3, 0.4) is 0 Å². The van der Waals surface area contributed by atoms with Gasteiger partial charge in [-0.05, 0) is 58.3 Å². The topological polar surface area (TPSA) is 35.6 Å². The van der Waals surface area contributed by atoms with Gasteiger partial charge in [0, 0.05) is 25.6 Å². The van der Waals surface area contributed by atoms with Gasteiger partial charge in [-0.25, -0.2) is 0 Å². The zero-order valence-corrected chi connectivity index (χ0v) is 14.5. The molecule has 1 rings (SSSR count). The maximum absolute atomic E-state index is 12.5. The van der Waals surface area contributed by atoms with E-state index in [0.717, 1.165) is 45.7 Å². The van der Waals surface area contributed by atoms with E-state index >= 15 is 0 Å². The smallest absolute Gasteiger partial charge is 0.224 e. The highest BCUT2D eigenvalue weighted by atomic mass is 16.2. The third-order valence-corrected chi connectivity index (χ3v) is 4.86. The Balaban J connectivity index is 2.34. The normalized spacial score (nSPS) is 22.5. The van der Waals surface area contributed by atoms with Crippen LogP contribution in [0.15, 0.2) is 0 Å². The molecule has 1 aliphatic rings. The average Bonchev–Trinajstić information content (AvgIpc) is 2.50. The van der Waals surface area contributed by atoms with Gasteiger partial charge in [0.2, 0.25) is 5.91 Å². The van der Waals surface area contributed by atoms with Crippen molar-refractivity contribution in [1.82, 2.24) is 15.1 Å². The summed E-state index contributed by atoms with van der Waals surface area (Å²) < 4.78 is 0. The fourth-order valence-corrected chi connectivity index (χ4v) is 3.19. The van der Waals surface area contributed by atoms with Crippen LogP contribution in [0.2, 0.25) is 0 Å². The molecule has 1 amide bonds. The van der Waals surface area contributed by atoms with Gasteiger partial charge in [-0.3, -0.25) is 4.79 Å². The summed E-state index contributed by atoms with van der Waals surface area (Å²) in [5, 5.41) is 3.52. The van der Waals surface area contributed by atoms with Crippen molar-refractivity contribution in [1.29, 1.82) is 0 Å². The van der Waals surface area contributed by atoms with Crippen molar-refractivity contribution >= 4 is 5.91 Å². The molecule has 4 nitrogen and oxygen atoms in total. The van der Waals surface area contributed by atoms with Gasteiger partial charge in [-0.1, -0.05) is 20.8 Å². The maximum atomic E-state index is 12.5. The van der Waals surface area contributed by atoms with E-state index < -0.39 is 0 Å². The van der Waals surface area contributed by atoms with Gasteiger partial charge in [0.15, 0.2) is 0 Å². The van der Waals surface area contributed by atoms with Crippen molar-refractivity contribution in [2.45, 2.75) is 59.4 Å². The molecule has 0 bridgehead atoms. The molecule has 0 saturated carbocycles. The van der Waals surface area contributed by atoms with Crippen molar-refractivity contribution in [2.24, 2.45) is 5.92 Å². The molecule has 1 fully saturated rings. The van der Waals surface area contributed by atoms with Gasteiger partial charge in [0.1, 0.15) is 0 Å². The van der Waals surface area contributed by atoms with Crippen LogP contribution in [-0.2, 0) is 4.79 Å². The van der Waals surface area contributed by atoms with Gasteiger partial charge in [0.05, 0.1) is 0 Å². The van der Waals surface area contributed by atoms with Crippen molar-refractivity contribution in [2.75, 3.05) is 39.3 Å². The number of nitrogens with one attached hydrogen (secondary N) is 1. The van der Waals surface area contributed by atoms with E-state index in [0.29, 0.717) is 24.3 Å². The molecule has 4 heteroatoms. The number of rotatable bonds is 9. The highest BCUT2D eigenvalue weighted by Gasteiger charge is 2.25. The molecule has 0 radical (unpaired) electrons. The number of carbonyl (C=O) groups is 1. The van der Waals surface area contributed by atoms with Crippen LogP contribution in [0.25, 0.3) is 0 Å². The van der Waals surface area contributed by atoms with Crippen LogP contribution >= 0.6 is 0 Å². The fourth-order valence-electron chi connectivity index (χ4n) is 3.19. The van der Waals surface area contributed by atoms with E-state index in [2.05, 4.69) is 37.9 Å². The summed E-state index contributed by atoms with van der Waals surface area (Å²) in [5.41, 5.74) is 0. The molecular formula is C17H35N3O. The second-order valence-electron chi connectivity index (χ2n) is 6.24. The van der Waals surface area contributed by atoms with Crippen molar-refractivity contribution in [3.05, 3.63) is 0 Å². The third-order valence-electron chi connectivity index (χ3n) is 4.86. The standard InChI is InChI=1S/C17H35N3O/c1-5-19(6-2)12-9-13-20(7-3)17(21)14-16-15(4)10-8-11-18-16/h15-16,18H,5-14H2,1-4H3. The Bertz CT molecular complexity index is 292. The van der Waals surface area contributed by atoms with E-state index in [1.807, 2.05) is 4.90 Å². The number of hydrogen-bond acceptors (Lipinski definition) is 3. The molecule has 0 aromatic heterocycles. The predicted octanol–water partition coefficient (Wildman–Crippen LogP) is 2.34. The first-order valence-electron chi connectivity index (χ1n) is 8.85. The summed E-state index contributed by atoms with van der Waals surface area (Å²) in [6.07, 6.45) is 4.24. The summed E-state index contributed by atoms with van der Waals surface area (Å²) in [4.78, 5) is 16.9. The highest BCUT2D eigenvalue weighted by molar-refractivity contribution is 5.76. The lowest BCUT2D eigenvalue weighted by Gasteiger charge is -2.32. The molecule has 0 aromatic rings. The average molecular weight is 297 g/mol. The number of carbonyl (C=O) groups excluding carboxylic acids is 1. The molecular weight excluding hydrogens is 262 g/mol. The summed E-state index contributed by atoms with van der Waals surface area (Å²) in [6.45, 7) is 14.8. The maximum Gasteiger partial charge on any atom is 0.224 e. The number of piperidine rings is 1. The predicted molar refractivity (Wildman–Crippen MR) is 89.5 cm³/mol. The Morgan fingerprint density at radius 1 is 1.14 bits per heavy atom. The summed E-state index contributed by atoms with van der Waals surface area (Å²) in [5.74, 6) is 0.945. The SMILES string of the molecule is CCN(CC)CCCN(CC)C(=O)CC1NCCCC1C. The second-order valence-corrected chi connectivity index (χ2v) is 6.24. The lowest BCUT2D eigenvalue weighted by Crippen LogP contribution is -2.45. The first kappa shape index (κ1) is 18.4. The van der Waals surface area contributed by atoms with Crippen molar-refractivity contribution < 1.29 is 4.79 Å². The van der Waals surface area contributed by atoms with Gasteiger partial charge < -0.3 is 15.1 Å². The molecule has 2 atom stereocenters. The Labute approximate surface area is 131 Å². The molecule has 0 spiro atoms. The van der Waals surface area contributed by atoms with Crippen LogP contribution in [-0.4, -0.2) is 61.0 Å². The molecule has 1 N–H and O–H groups in total. The fraction of sp³-hybridized carbons (Fsp3) is 0.941. The zero-order chi connectivity index (χ0) is 15.7. The monoisotopic (exact) mass is 297 g/mol. The molecule has 1 aliphatic heterocycles. The molecule has 0 aliphatic carbocycles. The molecule has 21 heavy (non-hydrogen) atoms. The van der Waals surface area contributed by atoms with Crippen molar-refractivity contribution in [3.63, 3.8) is 0 Å². The van der Waals surface area contributed by atoms with Crippen LogP contribution in [0.4, 0.5) is 0 Å². The molecule has 0 aromatic carbocycles. The number of hydrogen-bond donors (Lipinski definition) is 1. The third kappa shape index (κ3) is 6.35. The minimum Gasteiger partial charge on any atom is -0.343 e. The molecule has 1 heterocycles. The molecule has 124 valence electrons. The van der Waals surface area contributed by atoms with E-state index in [9.17, 15) is 4.79 Å². The summed E-state index contributed by atoms with van der Waals surface area (Å²) >= 11 is 0. The quantitative estimate of drug-likeness (QED) is 0.709. The van der Waals surface area contributed by atoms with Crippen LogP contribution in [0.5, 0.6) is 0 Å². The van der Waals surface area contributed by atoms with Crippen molar-refractivity contribution in [3.8, 4) is 0 Å². The van der Waals surface area contributed by atoms with Crippen LogP contribution in [0.1, 0.15) is 53.4 Å². The first-order valence-corrected chi connectivity index (χ1v) is 8.85. The lowest BCUT2D eigenvalue weighted by molar-refractivity contribution is -0.132. The largest absolute Gasteiger partial charge is 0.343 e. The Hall–Kier alpha value is -0.610. The Morgan fingerprint density at radius 2 is 1.86 bits per heavy atom. The molecule has 1 saturated heterocycles. The van der Waals surface area contributed by atoms with E-state index in [4.69, 9.17) is 0 Å². The summed E-state index contributed by atoms with van der Waals surface area (Å²) in [7, 11) is 0. The van der Waals surface area contributed by atoms with E-state index in [-0.39, 0.29) is 0 Å². The minimum absolute atomic E-state index is 0.322. The number of nitrogens with zero attached hydrogens (tertiary/aromatic N) is 2. The van der Waals surface area contributed by atoms with Crippen LogP contribution < -0.4 is 5.32 Å². The van der Waals surface area contributed by atoms with Gasteiger partial charge in [-0.2, -0.15) is 0 Å². The zero-order valence-electron chi connectivity index (χ0n) is 14.5. The summed E-state index contributed by atoms with van der Waals surface area (Å²) in [6, 6.07) is 0.378. The lowest BCUT2D eigenvalue weighted by atomic mass is 9.90. The first-order chi connectivity index (χ1) is 10.1. The van der Waals surface area contributed by atoms with Crippen LogP contribution in [0, 0.1) is 5.92 Å². The Kier molecular flexibility index (Phi) is 8.93. The minimum atomic E-state index is 0.322.